The zero-order valence-electron chi connectivity index (χ0n) is 13.6. The molecule has 0 aliphatic rings. The second-order valence-electron chi connectivity index (χ2n) is 5.28. The number of amides is 1. The molecule has 7 heteroatoms. The molecular formula is C16H23ClN4O2. The van der Waals surface area contributed by atoms with Crippen molar-refractivity contribution in [3.63, 3.8) is 0 Å². The standard InChI is InChI=1S/C16H22N4O2.ClH/c1-4-6-12(17)15(21)18-13-9-11(8-7-10(13)3)16-19-14(5-2)20-22-16;/h7-9,12H,4-6,17H2,1-3H3,(H,18,21);1H. The van der Waals surface area contributed by atoms with Gasteiger partial charge in [-0.15, -0.1) is 12.4 Å². The largest absolute Gasteiger partial charge is 0.334 e. The van der Waals surface area contributed by atoms with Gasteiger partial charge in [0.15, 0.2) is 5.82 Å². The van der Waals surface area contributed by atoms with E-state index in [0.29, 0.717) is 30.2 Å². The molecular weight excluding hydrogens is 316 g/mol. The maximum absolute atomic E-state index is 12.1. The molecule has 1 heterocycles. The Morgan fingerprint density at radius 2 is 2.13 bits per heavy atom. The molecule has 1 aromatic heterocycles. The van der Waals surface area contributed by atoms with Crippen LogP contribution >= 0.6 is 12.4 Å². The molecule has 0 aliphatic heterocycles. The van der Waals surface area contributed by atoms with Gasteiger partial charge < -0.3 is 15.6 Å². The Bertz CT molecular complexity index is 657. The van der Waals surface area contributed by atoms with Crippen molar-refractivity contribution in [2.45, 2.75) is 46.1 Å². The number of halogens is 1. The third-order valence-electron chi connectivity index (χ3n) is 3.46. The third kappa shape index (κ3) is 4.77. The highest BCUT2D eigenvalue weighted by Gasteiger charge is 2.15. The van der Waals surface area contributed by atoms with Gasteiger partial charge in [-0.3, -0.25) is 4.79 Å². The number of nitrogens with zero attached hydrogens (tertiary/aromatic N) is 2. The average molecular weight is 339 g/mol. The van der Waals surface area contributed by atoms with E-state index >= 15 is 0 Å². The molecule has 0 spiro atoms. The molecule has 0 radical (unpaired) electrons. The number of rotatable bonds is 6. The third-order valence-corrected chi connectivity index (χ3v) is 3.46. The fourth-order valence-electron chi connectivity index (χ4n) is 2.07. The van der Waals surface area contributed by atoms with Crippen molar-refractivity contribution in [1.82, 2.24) is 10.1 Å². The van der Waals surface area contributed by atoms with Crippen LogP contribution < -0.4 is 11.1 Å². The van der Waals surface area contributed by atoms with Gasteiger partial charge in [0.2, 0.25) is 5.91 Å². The number of carbonyl (C=O) groups excluding carboxylic acids is 1. The molecule has 2 rings (SSSR count). The Kier molecular flexibility index (Phi) is 7.19. The van der Waals surface area contributed by atoms with Gasteiger partial charge in [-0.2, -0.15) is 4.98 Å². The van der Waals surface area contributed by atoms with Crippen molar-refractivity contribution in [3.05, 3.63) is 29.6 Å². The van der Waals surface area contributed by atoms with Crippen LogP contribution in [0.3, 0.4) is 0 Å². The van der Waals surface area contributed by atoms with E-state index in [4.69, 9.17) is 10.3 Å². The van der Waals surface area contributed by atoms with Crippen molar-refractivity contribution in [3.8, 4) is 11.5 Å². The van der Waals surface area contributed by atoms with Crippen LogP contribution in [0.25, 0.3) is 11.5 Å². The molecule has 1 aromatic carbocycles. The number of benzene rings is 1. The van der Waals surface area contributed by atoms with E-state index in [1.807, 2.05) is 39.0 Å². The number of nitrogens with one attached hydrogen (secondary N) is 1. The highest BCUT2D eigenvalue weighted by molar-refractivity contribution is 5.95. The number of anilines is 1. The van der Waals surface area contributed by atoms with E-state index in [0.717, 1.165) is 17.5 Å². The SMILES string of the molecule is CCCC(N)C(=O)Nc1cc(-c2nc(CC)no2)ccc1C.Cl. The predicted molar refractivity (Wildman–Crippen MR) is 92.6 cm³/mol. The quantitative estimate of drug-likeness (QED) is 0.844. The number of hydrogen-bond donors (Lipinski definition) is 2. The van der Waals surface area contributed by atoms with Gasteiger partial charge in [-0.1, -0.05) is 31.5 Å². The lowest BCUT2D eigenvalue weighted by atomic mass is 10.1. The fourth-order valence-corrected chi connectivity index (χ4v) is 2.07. The number of nitrogens with two attached hydrogens (primary N) is 1. The minimum Gasteiger partial charge on any atom is -0.334 e. The second-order valence-corrected chi connectivity index (χ2v) is 5.28. The number of hydrogen-bond acceptors (Lipinski definition) is 5. The Hall–Kier alpha value is -1.92. The topological polar surface area (TPSA) is 94.0 Å². The van der Waals surface area contributed by atoms with Gasteiger partial charge in [0.1, 0.15) is 0 Å². The molecule has 1 atom stereocenters. The number of carbonyl (C=O) groups is 1. The molecule has 1 unspecified atom stereocenters. The minimum atomic E-state index is -0.497. The smallest absolute Gasteiger partial charge is 0.257 e. The highest BCUT2D eigenvalue weighted by Crippen LogP contribution is 2.24. The number of aryl methyl sites for hydroxylation is 2. The van der Waals surface area contributed by atoms with Crippen LogP contribution in [0.15, 0.2) is 22.7 Å². The Balaban J connectivity index is 0.00000264. The molecule has 3 N–H and O–H groups in total. The summed E-state index contributed by atoms with van der Waals surface area (Å²) in [6.07, 6.45) is 2.24. The summed E-state index contributed by atoms with van der Waals surface area (Å²) in [4.78, 5) is 16.4. The van der Waals surface area contributed by atoms with Crippen LogP contribution in [0.4, 0.5) is 5.69 Å². The van der Waals surface area contributed by atoms with Gasteiger partial charge in [0.25, 0.3) is 5.89 Å². The van der Waals surface area contributed by atoms with Crippen LogP contribution in [-0.4, -0.2) is 22.1 Å². The first-order chi connectivity index (χ1) is 10.5. The average Bonchev–Trinajstić information content (AvgIpc) is 2.98. The second kappa shape index (κ2) is 8.64. The highest BCUT2D eigenvalue weighted by atomic mass is 35.5. The summed E-state index contributed by atoms with van der Waals surface area (Å²) in [5.74, 6) is 0.929. The lowest BCUT2D eigenvalue weighted by Gasteiger charge is -2.13. The maximum atomic E-state index is 12.1. The van der Waals surface area contributed by atoms with Crippen molar-refractivity contribution in [2.75, 3.05) is 5.32 Å². The summed E-state index contributed by atoms with van der Waals surface area (Å²) < 4.78 is 5.23. The number of aromatic nitrogens is 2. The van der Waals surface area contributed by atoms with Gasteiger partial charge in [-0.05, 0) is 31.0 Å². The Morgan fingerprint density at radius 1 is 1.39 bits per heavy atom. The summed E-state index contributed by atoms with van der Waals surface area (Å²) in [6.45, 7) is 5.89. The summed E-state index contributed by atoms with van der Waals surface area (Å²) >= 11 is 0. The van der Waals surface area contributed by atoms with E-state index in [-0.39, 0.29) is 18.3 Å². The molecule has 23 heavy (non-hydrogen) atoms. The van der Waals surface area contributed by atoms with Gasteiger partial charge in [0.05, 0.1) is 6.04 Å². The van der Waals surface area contributed by atoms with E-state index in [1.165, 1.54) is 0 Å². The summed E-state index contributed by atoms with van der Waals surface area (Å²) in [7, 11) is 0. The molecule has 0 saturated carbocycles. The Labute approximate surface area is 142 Å². The monoisotopic (exact) mass is 338 g/mol. The van der Waals surface area contributed by atoms with Crippen LogP contribution in [0.1, 0.15) is 38.1 Å². The van der Waals surface area contributed by atoms with Crippen molar-refractivity contribution in [1.29, 1.82) is 0 Å². The molecule has 6 nitrogen and oxygen atoms in total. The first kappa shape index (κ1) is 19.1. The normalized spacial score (nSPS) is 11.7. The summed E-state index contributed by atoms with van der Waals surface area (Å²) in [5, 5.41) is 6.76. The van der Waals surface area contributed by atoms with Crippen LogP contribution in [-0.2, 0) is 11.2 Å². The van der Waals surface area contributed by atoms with Crippen LogP contribution in [0, 0.1) is 6.92 Å². The molecule has 2 aromatic rings. The van der Waals surface area contributed by atoms with Crippen molar-refractivity contribution < 1.29 is 9.32 Å². The van der Waals surface area contributed by atoms with Gasteiger partial charge >= 0.3 is 0 Å². The molecule has 0 bridgehead atoms. The molecule has 0 saturated heterocycles. The lowest BCUT2D eigenvalue weighted by molar-refractivity contribution is -0.117. The van der Waals surface area contributed by atoms with Gasteiger partial charge in [0, 0.05) is 17.7 Å². The zero-order valence-corrected chi connectivity index (χ0v) is 14.4. The van der Waals surface area contributed by atoms with Crippen LogP contribution in [0.2, 0.25) is 0 Å². The minimum absolute atomic E-state index is 0. The maximum Gasteiger partial charge on any atom is 0.257 e. The molecule has 0 fully saturated rings. The summed E-state index contributed by atoms with van der Waals surface area (Å²) in [5.41, 5.74) is 8.29. The van der Waals surface area contributed by atoms with Crippen LogP contribution in [0.5, 0.6) is 0 Å². The molecule has 1 amide bonds. The van der Waals surface area contributed by atoms with E-state index in [2.05, 4.69) is 15.5 Å². The zero-order chi connectivity index (χ0) is 16.1. The van der Waals surface area contributed by atoms with Gasteiger partial charge in [-0.25, -0.2) is 0 Å². The first-order valence-electron chi connectivity index (χ1n) is 7.55. The lowest BCUT2D eigenvalue weighted by Crippen LogP contribution is -2.35. The van der Waals surface area contributed by atoms with E-state index in [1.54, 1.807) is 0 Å². The Morgan fingerprint density at radius 3 is 2.74 bits per heavy atom. The molecule has 126 valence electrons. The molecule has 0 aliphatic carbocycles. The fraction of sp³-hybridized carbons (Fsp3) is 0.438. The van der Waals surface area contributed by atoms with Crippen molar-refractivity contribution in [2.24, 2.45) is 5.73 Å². The van der Waals surface area contributed by atoms with Crippen molar-refractivity contribution >= 4 is 24.0 Å². The first-order valence-corrected chi connectivity index (χ1v) is 7.55. The predicted octanol–water partition coefficient (Wildman–Crippen LogP) is 3.10. The van der Waals surface area contributed by atoms with E-state index in [9.17, 15) is 4.79 Å². The van der Waals surface area contributed by atoms with E-state index < -0.39 is 6.04 Å². The summed E-state index contributed by atoms with van der Waals surface area (Å²) in [6, 6.07) is 5.14.